The zero-order valence-corrected chi connectivity index (χ0v) is 19.4. The molecule has 34 heavy (non-hydrogen) atoms. The van der Waals surface area contributed by atoms with Crippen LogP contribution >= 0.6 is 11.6 Å². The van der Waals surface area contributed by atoms with Gasteiger partial charge in [0.15, 0.2) is 5.69 Å². The Balaban J connectivity index is 1.45. The highest BCUT2D eigenvalue weighted by Gasteiger charge is 2.24. The zero-order valence-electron chi connectivity index (χ0n) is 18.6. The topological polar surface area (TPSA) is 110 Å². The molecule has 0 radical (unpaired) electrons. The van der Waals surface area contributed by atoms with Crippen LogP contribution in [0.3, 0.4) is 0 Å². The molecule has 2 heterocycles. The third-order valence-corrected chi connectivity index (χ3v) is 6.12. The molecule has 0 bridgehead atoms. The number of nitrogens with one attached hydrogen (secondary N) is 1. The number of para-hydroxylation sites is 2. The Labute approximate surface area is 201 Å². The van der Waals surface area contributed by atoms with Crippen LogP contribution in [0.5, 0.6) is 0 Å². The average molecular weight is 482 g/mol. The monoisotopic (exact) mass is 481 g/mol. The van der Waals surface area contributed by atoms with Gasteiger partial charge in [-0.05, 0) is 43.5 Å². The molecule has 0 atom stereocenters. The number of nitro benzene ring substituents is 1. The minimum atomic E-state index is -0.575. The van der Waals surface area contributed by atoms with Crippen LogP contribution in [-0.2, 0) is 6.54 Å². The predicted octanol–water partition coefficient (Wildman–Crippen LogP) is 3.50. The molecule has 9 nitrogen and oxygen atoms in total. The van der Waals surface area contributed by atoms with Crippen LogP contribution in [0.1, 0.15) is 34.6 Å². The van der Waals surface area contributed by atoms with Gasteiger partial charge < -0.3 is 5.32 Å². The molecular weight excluding hydrogens is 458 g/mol. The first kappa shape index (κ1) is 23.6. The Morgan fingerprint density at radius 3 is 2.53 bits per heavy atom. The maximum Gasteiger partial charge on any atom is 0.294 e. The number of hydrogen-bond donors (Lipinski definition) is 1. The van der Waals surface area contributed by atoms with E-state index in [0.29, 0.717) is 10.7 Å². The van der Waals surface area contributed by atoms with Crippen molar-refractivity contribution in [2.24, 2.45) is 0 Å². The molecule has 1 aliphatic heterocycles. The van der Waals surface area contributed by atoms with Gasteiger partial charge in [-0.3, -0.25) is 24.6 Å². The summed E-state index contributed by atoms with van der Waals surface area (Å²) >= 11 is 5.95. The Kier molecular flexibility index (Phi) is 7.04. The standard InChI is InChI=1S/C24H24ClN5O4/c1-16-14-22(31)23(27-29(16)20-4-2-3-5-21(20)30(33)34)24(32)26-19-10-12-28(13-11-19)15-17-6-8-18(25)9-7-17/h2-9,14,19H,10-13,15H2,1H3,(H,26,32). The van der Waals surface area contributed by atoms with Crippen LogP contribution in [0.15, 0.2) is 59.4 Å². The number of carbonyl (C=O) groups is 1. The normalized spacial score (nSPS) is 14.6. The van der Waals surface area contributed by atoms with Crippen LogP contribution in [0.2, 0.25) is 5.02 Å². The van der Waals surface area contributed by atoms with Crippen molar-refractivity contribution in [1.29, 1.82) is 0 Å². The van der Waals surface area contributed by atoms with Gasteiger partial charge in [-0.25, -0.2) is 4.68 Å². The number of nitro groups is 1. The third kappa shape index (κ3) is 5.32. The van der Waals surface area contributed by atoms with Crippen molar-refractivity contribution in [3.8, 4) is 5.69 Å². The third-order valence-electron chi connectivity index (χ3n) is 5.87. The smallest absolute Gasteiger partial charge is 0.294 e. The van der Waals surface area contributed by atoms with Gasteiger partial charge in [0.05, 0.1) is 4.92 Å². The van der Waals surface area contributed by atoms with Gasteiger partial charge in [0.25, 0.3) is 11.6 Å². The summed E-state index contributed by atoms with van der Waals surface area (Å²) in [5.74, 6) is -0.575. The number of amides is 1. The van der Waals surface area contributed by atoms with Gasteiger partial charge in [-0.15, -0.1) is 0 Å². The van der Waals surface area contributed by atoms with E-state index in [0.717, 1.165) is 32.5 Å². The van der Waals surface area contributed by atoms with Gasteiger partial charge in [0, 0.05) is 48.5 Å². The van der Waals surface area contributed by atoms with Gasteiger partial charge in [-0.2, -0.15) is 5.10 Å². The molecule has 1 saturated heterocycles. The highest BCUT2D eigenvalue weighted by molar-refractivity contribution is 6.30. The molecule has 4 rings (SSSR count). The molecule has 10 heteroatoms. The van der Waals surface area contributed by atoms with Crippen molar-refractivity contribution in [2.75, 3.05) is 13.1 Å². The number of rotatable bonds is 6. The number of aryl methyl sites for hydroxylation is 1. The van der Waals surface area contributed by atoms with Crippen molar-refractivity contribution in [3.05, 3.63) is 96.9 Å². The highest BCUT2D eigenvalue weighted by atomic mass is 35.5. The average Bonchev–Trinajstić information content (AvgIpc) is 2.82. The number of carbonyl (C=O) groups excluding carboxylic acids is 1. The molecule has 176 valence electrons. The largest absolute Gasteiger partial charge is 0.348 e. The molecule has 2 aromatic carbocycles. The molecule has 0 spiro atoms. The van der Waals surface area contributed by atoms with E-state index in [4.69, 9.17) is 11.6 Å². The molecule has 1 aliphatic rings. The maximum absolute atomic E-state index is 12.9. The number of aromatic nitrogens is 2. The molecule has 3 aromatic rings. The lowest BCUT2D eigenvalue weighted by Crippen LogP contribution is -2.45. The van der Waals surface area contributed by atoms with Crippen molar-refractivity contribution in [3.63, 3.8) is 0 Å². The van der Waals surface area contributed by atoms with E-state index < -0.39 is 16.3 Å². The summed E-state index contributed by atoms with van der Waals surface area (Å²) < 4.78 is 1.27. The Morgan fingerprint density at radius 1 is 1.18 bits per heavy atom. The molecule has 0 saturated carbocycles. The summed E-state index contributed by atoms with van der Waals surface area (Å²) in [7, 11) is 0. The lowest BCUT2D eigenvalue weighted by Gasteiger charge is -2.32. The highest BCUT2D eigenvalue weighted by Crippen LogP contribution is 2.22. The second-order valence-electron chi connectivity index (χ2n) is 8.31. The second kappa shape index (κ2) is 10.1. The molecule has 1 fully saturated rings. The summed E-state index contributed by atoms with van der Waals surface area (Å²) in [5, 5.41) is 19.2. The lowest BCUT2D eigenvalue weighted by atomic mass is 10.0. The predicted molar refractivity (Wildman–Crippen MR) is 128 cm³/mol. The van der Waals surface area contributed by atoms with E-state index >= 15 is 0 Å². The summed E-state index contributed by atoms with van der Waals surface area (Å²) in [6, 6.07) is 15.0. The van der Waals surface area contributed by atoms with Gasteiger partial charge in [0.1, 0.15) is 5.69 Å². The number of halogens is 1. The molecular formula is C24H24ClN5O4. The SMILES string of the molecule is Cc1cc(=O)c(C(=O)NC2CCN(Cc3ccc(Cl)cc3)CC2)nn1-c1ccccc1[N+](=O)[O-]. The lowest BCUT2D eigenvalue weighted by molar-refractivity contribution is -0.384. The summed E-state index contributed by atoms with van der Waals surface area (Å²) in [6.07, 6.45) is 1.48. The van der Waals surface area contributed by atoms with E-state index in [9.17, 15) is 19.7 Å². The van der Waals surface area contributed by atoms with E-state index in [-0.39, 0.29) is 23.1 Å². The summed E-state index contributed by atoms with van der Waals surface area (Å²) in [6.45, 7) is 4.02. The fourth-order valence-electron chi connectivity index (χ4n) is 4.08. The first-order chi connectivity index (χ1) is 16.3. The number of hydrogen-bond acceptors (Lipinski definition) is 6. The quantitative estimate of drug-likeness (QED) is 0.426. The summed E-state index contributed by atoms with van der Waals surface area (Å²) in [4.78, 5) is 38.6. The molecule has 1 amide bonds. The van der Waals surface area contributed by atoms with Crippen molar-refractivity contribution in [1.82, 2.24) is 20.0 Å². The Morgan fingerprint density at radius 2 is 1.85 bits per heavy atom. The van der Waals surface area contributed by atoms with Crippen LogP contribution in [0, 0.1) is 17.0 Å². The first-order valence-electron chi connectivity index (χ1n) is 10.9. The van der Waals surface area contributed by atoms with E-state index in [1.807, 2.05) is 24.3 Å². The van der Waals surface area contributed by atoms with Crippen LogP contribution in [0.4, 0.5) is 5.69 Å². The first-order valence-corrected chi connectivity index (χ1v) is 11.3. The fraction of sp³-hybridized carbons (Fsp3) is 0.292. The number of piperidine rings is 1. The molecule has 0 aliphatic carbocycles. The minimum absolute atomic E-state index is 0.0871. The van der Waals surface area contributed by atoms with Crippen LogP contribution < -0.4 is 10.7 Å². The Bertz CT molecular complexity index is 1270. The van der Waals surface area contributed by atoms with E-state index in [1.165, 1.54) is 28.4 Å². The number of benzene rings is 2. The Hall–Kier alpha value is -3.56. The van der Waals surface area contributed by atoms with Gasteiger partial charge in [-0.1, -0.05) is 35.9 Å². The molecule has 1 aromatic heterocycles. The zero-order chi connectivity index (χ0) is 24.2. The van der Waals surface area contributed by atoms with Crippen LogP contribution in [-0.4, -0.2) is 44.6 Å². The van der Waals surface area contributed by atoms with Crippen LogP contribution in [0.25, 0.3) is 5.69 Å². The maximum atomic E-state index is 12.9. The number of likely N-dealkylation sites (tertiary alicyclic amines) is 1. The van der Waals surface area contributed by atoms with Crippen molar-refractivity contribution >= 4 is 23.2 Å². The fourth-order valence-corrected chi connectivity index (χ4v) is 4.21. The molecule has 1 N–H and O–H groups in total. The van der Waals surface area contributed by atoms with E-state index in [2.05, 4.69) is 15.3 Å². The van der Waals surface area contributed by atoms with E-state index in [1.54, 1.807) is 19.1 Å². The second-order valence-corrected chi connectivity index (χ2v) is 8.74. The van der Waals surface area contributed by atoms with Gasteiger partial charge in [0.2, 0.25) is 5.43 Å². The number of nitrogens with zero attached hydrogens (tertiary/aromatic N) is 4. The summed E-state index contributed by atoms with van der Waals surface area (Å²) in [5.41, 5.74) is 0.783. The van der Waals surface area contributed by atoms with Crippen molar-refractivity contribution in [2.45, 2.75) is 32.4 Å². The van der Waals surface area contributed by atoms with Crippen molar-refractivity contribution < 1.29 is 9.72 Å². The van der Waals surface area contributed by atoms with Gasteiger partial charge >= 0.3 is 0 Å². The molecule has 0 unspecified atom stereocenters. The minimum Gasteiger partial charge on any atom is -0.348 e.